The van der Waals surface area contributed by atoms with Gasteiger partial charge in [-0.15, -0.1) is 0 Å². The van der Waals surface area contributed by atoms with E-state index in [1.807, 2.05) is 23.1 Å². The fourth-order valence-corrected chi connectivity index (χ4v) is 4.35. The summed E-state index contributed by atoms with van der Waals surface area (Å²) in [6.45, 7) is 3.85. The van der Waals surface area contributed by atoms with Crippen molar-refractivity contribution >= 4 is 22.6 Å². The van der Waals surface area contributed by atoms with Gasteiger partial charge in [-0.25, -0.2) is 4.79 Å². The maximum atomic E-state index is 12.6. The summed E-state index contributed by atoms with van der Waals surface area (Å²) in [5.74, 6) is -0.753. The molecule has 0 bridgehead atoms. The number of carbonyl (C=O) groups is 1. The number of allylic oxidation sites excluding steroid dienone is 1. The fourth-order valence-electron chi connectivity index (χ4n) is 4.35. The molecule has 1 aromatic heterocycles. The molecular weight excluding hydrogens is 332 g/mol. The van der Waals surface area contributed by atoms with Gasteiger partial charge in [-0.05, 0) is 49.5 Å². The predicted molar refractivity (Wildman–Crippen MR) is 98.3 cm³/mol. The molecule has 3 heterocycles. The van der Waals surface area contributed by atoms with E-state index in [9.17, 15) is 14.7 Å². The predicted octanol–water partition coefficient (Wildman–Crippen LogP) is 3.02. The number of aromatic amines is 1. The molecular formula is C20H24N2O4. The first-order valence-electron chi connectivity index (χ1n) is 9.37. The second-order valence-electron chi connectivity index (χ2n) is 7.35. The van der Waals surface area contributed by atoms with Crippen LogP contribution in [0.25, 0.3) is 16.7 Å². The molecule has 1 fully saturated rings. The van der Waals surface area contributed by atoms with Gasteiger partial charge in [0.25, 0.3) is 0 Å². The number of nitrogens with one attached hydrogen (secondary N) is 1. The van der Waals surface area contributed by atoms with Gasteiger partial charge in [0.1, 0.15) is 0 Å². The summed E-state index contributed by atoms with van der Waals surface area (Å²) in [5.41, 5.74) is 4.39. The topological polar surface area (TPSA) is 86.5 Å². The van der Waals surface area contributed by atoms with Crippen molar-refractivity contribution in [3.05, 3.63) is 40.0 Å². The molecule has 0 saturated carbocycles. The van der Waals surface area contributed by atoms with Gasteiger partial charge in [-0.1, -0.05) is 25.8 Å². The molecule has 0 radical (unpaired) electrons. The molecule has 0 aliphatic carbocycles. The van der Waals surface area contributed by atoms with Crippen molar-refractivity contribution < 1.29 is 14.3 Å². The number of aromatic nitrogens is 1. The van der Waals surface area contributed by atoms with E-state index >= 15 is 0 Å². The van der Waals surface area contributed by atoms with Crippen molar-refractivity contribution in [3.8, 4) is 0 Å². The lowest BCUT2D eigenvalue weighted by Gasteiger charge is -2.45. The van der Waals surface area contributed by atoms with Crippen LogP contribution in [-0.4, -0.2) is 33.0 Å². The van der Waals surface area contributed by atoms with Crippen molar-refractivity contribution in [2.45, 2.75) is 58.1 Å². The molecule has 0 unspecified atom stereocenters. The number of nitrogens with zero attached hydrogens (tertiary/aromatic N) is 1. The average Bonchev–Trinajstić information content (AvgIpc) is 3.10. The van der Waals surface area contributed by atoms with E-state index in [-0.39, 0.29) is 17.9 Å². The van der Waals surface area contributed by atoms with Gasteiger partial charge in [0, 0.05) is 5.70 Å². The normalized spacial score (nSPS) is 23.5. The lowest BCUT2D eigenvalue weighted by molar-refractivity contribution is -0.157. The number of aliphatic hydroxyl groups is 1. The highest BCUT2D eigenvalue weighted by Gasteiger charge is 2.54. The molecule has 3 atom stereocenters. The van der Waals surface area contributed by atoms with Crippen LogP contribution in [0.4, 0.5) is 0 Å². The molecule has 2 aromatic rings. The first kappa shape index (κ1) is 17.1. The summed E-state index contributed by atoms with van der Waals surface area (Å²) < 4.78 is 5.20. The molecule has 4 rings (SSSR count). The number of amides is 1. The van der Waals surface area contributed by atoms with Crippen molar-refractivity contribution in [1.29, 1.82) is 0 Å². The lowest BCUT2D eigenvalue weighted by atomic mass is 9.82. The smallest absolute Gasteiger partial charge is 0.408 e. The Kier molecular flexibility index (Phi) is 4.23. The van der Waals surface area contributed by atoms with Crippen LogP contribution in [-0.2, 0) is 4.79 Å². The number of aliphatic hydroxyl groups excluding tert-OH is 1. The third-order valence-corrected chi connectivity index (χ3v) is 5.63. The van der Waals surface area contributed by atoms with Gasteiger partial charge in [0.2, 0.25) is 5.91 Å². The zero-order chi connectivity index (χ0) is 18.4. The van der Waals surface area contributed by atoms with E-state index in [0.29, 0.717) is 11.1 Å². The zero-order valence-electron chi connectivity index (χ0n) is 15.1. The molecule has 2 N–H and O–H groups in total. The molecule has 0 spiro atoms. The van der Waals surface area contributed by atoms with E-state index in [4.69, 9.17) is 4.42 Å². The minimum absolute atomic E-state index is 0.0285. The van der Waals surface area contributed by atoms with E-state index in [2.05, 4.69) is 11.9 Å². The SMILES string of the molecule is CCCCCC1=C(c2ccc3[nH]c(=O)oc3c2)C[C@@H]2[C@@H]([C@@H](C)O)C(=O)N12. The first-order valence-corrected chi connectivity index (χ1v) is 9.37. The monoisotopic (exact) mass is 356 g/mol. The van der Waals surface area contributed by atoms with Gasteiger partial charge in [0.15, 0.2) is 5.58 Å². The quantitative estimate of drug-likeness (QED) is 0.615. The molecule has 1 aromatic carbocycles. The Bertz CT molecular complexity index is 937. The van der Waals surface area contributed by atoms with Crippen LogP contribution in [0.1, 0.15) is 51.5 Å². The summed E-state index contributed by atoms with van der Waals surface area (Å²) in [7, 11) is 0. The van der Waals surface area contributed by atoms with Crippen LogP contribution in [0.3, 0.4) is 0 Å². The minimum atomic E-state index is -0.634. The summed E-state index contributed by atoms with van der Waals surface area (Å²) >= 11 is 0. The molecule has 26 heavy (non-hydrogen) atoms. The minimum Gasteiger partial charge on any atom is -0.408 e. The standard InChI is InChI=1S/C20H24N2O4/c1-3-4-5-6-15-13(10-16-18(11(2)23)19(24)22(15)16)12-7-8-14-17(9-12)26-20(25)21-14/h7-9,11,16,18,23H,3-6,10H2,1-2H3,(H,21,25)/t11-,16-,18-/m1/s1. The van der Waals surface area contributed by atoms with Crippen molar-refractivity contribution in [2.24, 2.45) is 5.92 Å². The number of β-lactam (4-membered cyclic amide) rings is 1. The summed E-state index contributed by atoms with van der Waals surface area (Å²) in [4.78, 5) is 28.5. The number of carbonyl (C=O) groups excluding carboxylic acids is 1. The van der Waals surface area contributed by atoms with Crippen molar-refractivity contribution in [2.75, 3.05) is 0 Å². The zero-order valence-corrected chi connectivity index (χ0v) is 15.1. The lowest BCUT2D eigenvalue weighted by Crippen LogP contribution is -2.61. The van der Waals surface area contributed by atoms with Crippen LogP contribution in [0.2, 0.25) is 0 Å². The molecule has 6 heteroatoms. The van der Waals surface area contributed by atoms with E-state index < -0.39 is 11.9 Å². The summed E-state index contributed by atoms with van der Waals surface area (Å²) in [6, 6.07) is 5.73. The maximum Gasteiger partial charge on any atom is 0.417 e. The number of hydrogen-bond acceptors (Lipinski definition) is 4. The van der Waals surface area contributed by atoms with Gasteiger partial charge in [-0.3, -0.25) is 9.78 Å². The maximum absolute atomic E-state index is 12.6. The van der Waals surface area contributed by atoms with Gasteiger partial charge < -0.3 is 14.4 Å². The Morgan fingerprint density at radius 3 is 2.88 bits per heavy atom. The van der Waals surface area contributed by atoms with Crippen LogP contribution < -0.4 is 5.76 Å². The summed E-state index contributed by atoms with van der Waals surface area (Å²) in [5, 5.41) is 9.97. The molecule has 1 saturated heterocycles. The van der Waals surface area contributed by atoms with E-state index in [1.54, 1.807) is 6.92 Å². The number of rotatable bonds is 6. The number of fused-ring (bicyclic) bond motifs is 2. The van der Waals surface area contributed by atoms with Crippen LogP contribution in [0.15, 0.2) is 33.1 Å². The Morgan fingerprint density at radius 2 is 2.15 bits per heavy atom. The highest BCUT2D eigenvalue weighted by atomic mass is 16.4. The molecule has 2 aliphatic heterocycles. The van der Waals surface area contributed by atoms with E-state index in [0.717, 1.165) is 48.9 Å². The van der Waals surface area contributed by atoms with Crippen LogP contribution in [0, 0.1) is 5.92 Å². The van der Waals surface area contributed by atoms with Crippen molar-refractivity contribution in [3.63, 3.8) is 0 Å². The van der Waals surface area contributed by atoms with Crippen LogP contribution >= 0.6 is 0 Å². The largest absolute Gasteiger partial charge is 0.417 e. The number of hydrogen-bond donors (Lipinski definition) is 2. The van der Waals surface area contributed by atoms with Gasteiger partial charge in [-0.2, -0.15) is 0 Å². The van der Waals surface area contributed by atoms with Crippen LogP contribution in [0.5, 0.6) is 0 Å². The Morgan fingerprint density at radius 1 is 1.35 bits per heavy atom. The molecule has 6 nitrogen and oxygen atoms in total. The highest BCUT2D eigenvalue weighted by Crippen LogP contribution is 2.48. The molecule has 2 aliphatic rings. The summed E-state index contributed by atoms with van der Waals surface area (Å²) in [6.07, 6.45) is 4.24. The van der Waals surface area contributed by atoms with Crippen molar-refractivity contribution in [1.82, 2.24) is 9.88 Å². The highest BCUT2D eigenvalue weighted by molar-refractivity contribution is 5.94. The Labute approximate surface area is 151 Å². The molecule has 1 amide bonds. The second-order valence-corrected chi connectivity index (χ2v) is 7.35. The number of unbranched alkanes of at least 4 members (excludes halogenated alkanes) is 2. The second kappa shape index (κ2) is 6.43. The number of benzene rings is 1. The number of H-pyrrole nitrogens is 1. The van der Waals surface area contributed by atoms with Gasteiger partial charge in [0.05, 0.1) is 23.6 Å². The average molecular weight is 356 g/mol. The third kappa shape index (κ3) is 2.60. The van der Waals surface area contributed by atoms with E-state index in [1.165, 1.54) is 0 Å². The fraction of sp³-hybridized carbons (Fsp3) is 0.500. The first-order chi connectivity index (χ1) is 12.5. The molecule has 138 valence electrons. The number of oxazole rings is 1. The van der Waals surface area contributed by atoms with Gasteiger partial charge >= 0.3 is 5.76 Å². The third-order valence-electron chi connectivity index (χ3n) is 5.63. The Balaban J connectivity index is 1.72. The Hall–Kier alpha value is -2.34.